The molecule has 1 aliphatic rings. The molecule has 0 bridgehead atoms. The minimum Gasteiger partial charge on any atom is -0.350 e. The molecule has 1 aliphatic heterocycles. The summed E-state index contributed by atoms with van der Waals surface area (Å²) in [6, 6.07) is 2.37. The van der Waals surface area contributed by atoms with Crippen molar-refractivity contribution in [2.45, 2.75) is 25.3 Å². The Labute approximate surface area is 94.9 Å². The van der Waals surface area contributed by atoms with Crippen LogP contribution >= 0.6 is 0 Å². The van der Waals surface area contributed by atoms with Gasteiger partial charge in [-0.2, -0.15) is 5.26 Å². The molecule has 2 N–H and O–H groups in total. The highest BCUT2D eigenvalue weighted by Crippen LogP contribution is 2.23. The Balaban J connectivity index is 2.31. The van der Waals surface area contributed by atoms with Gasteiger partial charge in [-0.3, -0.25) is 0 Å². The first-order chi connectivity index (χ1) is 7.86. The van der Waals surface area contributed by atoms with Crippen LogP contribution in [0.3, 0.4) is 0 Å². The fourth-order valence-corrected chi connectivity index (χ4v) is 2.14. The molecule has 1 aromatic rings. The quantitative estimate of drug-likeness (QED) is 0.787. The van der Waals surface area contributed by atoms with Crippen LogP contribution in [-0.4, -0.2) is 29.1 Å². The van der Waals surface area contributed by atoms with Gasteiger partial charge in [-0.15, -0.1) is 0 Å². The minimum absolute atomic E-state index is 0.289. The van der Waals surface area contributed by atoms with Gasteiger partial charge in [0.05, 0.1) is 0 Å². The molecule has 0 saturated carbocycles. The molecule has 0 aromatic carbocycles. The fraction of sp³-hybridized carbons (Fsp3) is 0.545. The van der Waals surface area contributed by atoms with Crippen molar-refractivity contribution in [3.63, 3.8) is 0 Å². The summed E-state index contributed by atoms with van der Waals surface area (Å²) in [5.74, 6) is 0.681. The third kappa shape index (κ3) is 1.97. The number of rotatable bonds is 2. The van der Waals surface area contributed by atoms with Crippen molar-refractivity contribution in [1.29, 1.82) is 5.26 Å². The van der Waals surface area contributed by atoms with Gasteiger partial charge in [-0.05, 0) is 19.3 Å². The summed E-state index contributed by atoms with van der Waals surface area (Å²) < 4.78 is 0. The third-order valence-corrected chi connectivity index (χ3v) is 2.96. The van der Waals surface area contributed by atoms with Crippen molar-refractivity contribution >= 4 is 5.82 Å². The predicted molar refractivity (Wildman–Crippen MR) is 60.8 cm³/mol. The molecule has 1 unspecified atom stereocenters. The number of anilines is 1. The topological polar surface area (TPSA) is 78.8 Å². The molecule has 1 atom stereocenters. The summed E-state index contributed by atoms with van der Waals surface area (Å²) in [6.07, 6.45) is 6.55. The molecule has 0 radical (unpaired) electrons. The normalized spacial score (nSPS) is 20.5. The molecular formula is C11H15N5. The van der Waals surface area contributed by atoms with E-state index in [-0.39, 0.29) is 6.04 Å². The van der Waals surface area contributed by atoms with Crippen LogP contribution in [0.15, 0.2) is 12.4 Å². The lowest BCUT2D eigenvalue weighted by Gasteiger charge is -2.35. The summed E-state index contributed by atoms with van der Waals surface area (Å²) in [6.45, 7) is 1.51. The van der Waals surface area contributed by atoms with Gasteiger partial charge in [0.2, 0.25) is 0 Å². The monoisotopic (exact) mass is 217 g/mol. The number of hydrogen-bond donors (Lipinski definition) is 1. The zero-order valence-corrected chi connectivity index (χ0v) is 9.13. The van der Waals surface area contributed by atoms with Gasteiger partial charge in [0, 0.05) is 31.5 Å². The van der Waals surface area contributed by atoms with Crippen molar-refractivity contribution in [2.75, 3.05) is 18.0 Å². The van der Waals surface area contributed by atoms with Crippen molar-refractivity contribution in [3.05, 3.63) is 18.1 Å². The molecule has 1 saturated heterocycles. The molecule has 2 rings (SSSR count). The smallest absolute Gasteiger partial charge is 0.183 e. The molecule has 16 heavy (non-hydrogen) atoms. The standard InChI is InChI=1S/C11H15N5/c12-7-9-3-1-2-6-16(9)11-10(8-13)14-4-5-15-11/h4-5,9H,1-3,6-7,12H2. The fourth-order valence-electron chi connectivity index (χ4n) is 2.14. The highest BCUT2D eigenvalue weighted by atomic mass is 15.2. The van der Waals surface area contributed by atoms with E-state index in [1.165, 1.54) is 6.42 Å². The second-order valence-electron chi connectivity index (χ2n) is 3.92. The number of nitrogens with zero attached hydrogens (tertiary/aromatic N) is 4. The van der Waals surface area contributed by atoms with E-state index in [9.17, 15) is 0 Å². The number of nitrogens with two attached hydrogens (primary N) is 1. The van der Waals surface area contributed by atoms with E-state index < -0.39 is 0 Å². The molecule has 0 spiro atoms. The molecule has 1 aromatic heterocycles. The van der Waals surface area contributed by atoms with Crippen LogP contribution in [0.1, 0.15) is 25.0 Å². The van der Waals surface area contributed by atoms with Crippen LogP contribution in [0.2, 0.25) is 0 Å². The molecule has 84 valence electrons. The van der Waals surface area contributed by atoms with E-state index >= 15 is 0 Å². The lowest BCUT2D eigenvalue weighted by molar-refractivity contribution is 0.461. The highest BCUT2D eigenvalue weighted by molar-refractivity contribution is 5.50. The van der Waals surface area contributed by atoms with Gasteiger partial charge in [0.25, 0.3) is 0 Å². The van der Waals surface area contributed by atoms with Crippen molar-refractivity contribution in [1.82, 2.24) is 9.97 Å². The number of aromatic nitrogens is 2. The van der Waals surface area contributed by atoms with Crippen LogP contribution in [0, 0.1) is 11.3 Å². The van der Waals surface area contributed by atoms with Crippen LogP contribution in [0.4, 0.5) is 5.82 Å². The van der Waals surface area contributed by atoms with E-state index in [0.717, 1.165) is 19.4 Å². The van der Waals surface area contributed by atoms with E-state index in [2.05, 4.69) is 20.9 Å². The second-order valence-corrected chi connectivity index (χ2v) is 3.92. The van der Waals surface area contributed by atoms with Crippen LogP contribution < -0.4 is 10.6 Å². The maximum atomic E-state index is 9.00. The van der Waals surface area contributed by atoms with Crippen molar-refractivity contribution < 1.29 is 0 Å². The Kier molecular flexibility index (Phi) is 3.32. The maximum Gasteiger partial charge on any atom is 0.183 e. The summed E-state index contributed by atoms with van der Waals surface area (Å²) >= 11 is 0. The first kappa shape index (κ1) is 10.8. The zero-order chi connectivity index (χ0) is 11.4. The predicted octanol–water partition coefficient (Wildman–Crippen LogP) is 0.666. The summed E-state index contributed by atoms with van der Waals surface area (Å²) in [5, 5.41) is 9.00. The summed E-state index contributed by atoms with van der Waals surface area (Å²) in [4.78, 5) is 10.4. The molecule has 2 heterocycles. The van der Waals surface area contributed by atoms with E-state index in [0.29, 0.717) is 18.1 Å². The number of hydrogen-bond acceptors (Lipinski definition) is 5. The first-order valence-corrected chi connectivity index (χ1v) is 5.54. The maximum absolute atomic E-state index is 9.00. The van der Waals surface area contributed by atoms with Crippen molar-refractivity contribution in [2.24, 2.45) is 5.73 Å². The molecule has 0 aliphatic carbocycles. The minimum atomic E-state index is 0.289. The molecule has 1 fully saturated rings. The van der Waals surface area contributed by atoms with Crippen LogP contribution in [0.25, 0.3) is 0 Å². The number of nitriles is 1. The third-order valence-electron chi connectivity index (χ3n) is 2.96. The largest absolute Gasteiger partial charge is 0.350 e. The molecular weight excluding hydrogens is 202 g/mol. The van der Waals surface area contributed by atoms with E-state index in [1.807, 2.05) is 0 Å². The first-order valence-electron chi connectivity index (χ1n) is 5.54. The average Bonchev–Trinajstić information content (AvgIpc) is 2.38. The highest BCUT2D eigenvalue weighted by Gasteiger charge is 2.24. The molecule has 0 amide bonds. The summed E-state index contributed by atoms with van der Waals surface area (Å²) in [5.41, 5.74) is 6.14. The average molecular weight is 217 g/mol. The van der Waals surface area contributed by atoms with Crippen LogP contribution in [0.5, 0.6) is 0 Å². The Bertz CT molecular complexity index is 398. The van der Waals surface area contributed by atoms with Crippen LogP contribution in [-0.2, 0) is 0 Å². The van der Waals surface area contributed by atoms with Gasteiger partial charge in [0.15, 0.2) is 11.5 Å². The van der Waals surface area contributed by atoms with Gasteiger partial charge in [0.1, 0.15) is 6.07 Å². The molecule has 5 nitrogen and oxygen atoms in total. The SMILES string of the molecule is N#Cc1nccnc1N1CCCCC1CN. The van der Waals surface area contributed by atoms with Gasteiger partial charge in [-0.1, -0.05) is 0 Å². The second kappa shape index (κ2) is 4.90. The lowest BCUT2D eigenvalue weighted by Crippen LogP contribution is -2.45. The lowest BCUT2D eigenvalue weighted by atomic mass is 10.0. The van der Waals surface area contributed by atoms with Gasteiger partial charge < -0.3 is 10.6 Å². The van der Waals surface area contributed by atoms with E-state index in [1.54, 1.807) is 12.4 Å². The zero-order valence-electron chi connectivity index (χ0n) is 9.13. The number of piperidine rings is 1. The van der Waals surface area contributed by atoms with Crippen molar-refractivity contribution in [3.8, 4) is 6.07 Å². The Morgan fingerprint density at radius 3 is 3.00 bits per heavy atom. The Morgan fingerprint density at radius 2 is 2.25 bits per heavy atom. The summed E-state index contributed by atoms with van der Waals surface area (Å²) in [7, 11) is 0. The molecule has 5 heteroatoms. The Hall–Kier alpha value is -1.67. The van der Waals surface area contributed by atoms with Gasteiger partial charge >= 0.3 is 0 Å². The van der Waals surface area contributed by atoms with Gasteiger partial charge in [-0.25, -0.2) is 9.97 Å². The van der Waals surface area contributed by atoms with E-state index in [4.69, 9.17) is 11.0 Å². The Morgan fingerprint density at radius 1 is 1.44 bits per heavy atom.